The van der Waals surface area contributed by atoms with Gasteiger partial charge in [0.15, 0.2) is 0 Å². The van der Waals surface area contributed by atoms with Crippen LogP contribution in [-0.2, 0) is 12.0 Å². The fourth-order valence-corrected chi connectivity index (χ4v) is 4.02. The number of benzene rings is 1. The second-order valence-electron chi connectivity index (χ2n) is 5.75. The van der Waals surface area contributed by atoms with Gasteiger partial charge in [0.05, 0.1) is 5.54 Å². The van der Waals surface area contributed by atoms with E-state index in [0.717, 1.165) is 38.9 Å². The molecule has 0 spiro atoms. The van der Waals surface area contributed by atoms with Crippen molar-refractivity contribution < 1.29 is 0 Å². The minimum Gasteiger partial charge on any atom is -0.308 e. The molecule has 0 amide bonds. The van der Waals surface area contributed by atoms with E-state index >= 15 is 0 Å². The van der Waals surface area contributed by atoms with Crippen molar-refractivity contribution in [1.29, 1.82) is 0 Å². The molecule has 0 aliphatic carbocycles. The molecule has 1 saturated heterocycles. The van der Waals surface area contributed by atoms with E-state index in [1.165, 1.54) is 10.6 Å². The van der Waals surface area contributed by atoms with Gasteiger partial charge in [-0.05, 0) is 31.9 Å². The number of piperidine rings is 1. The van der Waals surface area contributed by atoms with E-state index in [2.05, 4.69) is 58.0 Å². The van der Waals surface area contributed by atoms with Gasteiger partial charge in [-0.25, -0.2) is 4.98 Å². The second-order valence-corrected chi connectivity index (χ2v) is 6.64. The van der Waals surface area contributed by atoms with Crippen LogP contribution in [0.5, 0.6) is 0 Å². The molecule has 112 valence electrons. The number of rotatable bonds is 5. The van der Waals surface area contributed by atoms with Gasteiger partial charge in [-0.15, -0.1) is 11.3 Å². The molecule has 3 nitrogen and oxygen atoms in total. The molecule has 1 aromatic heterocycles. The molecular formula is C17H23N3S. The SMILES string of the molecule is CNC1(c2nccs2)CCN(CCc2ccccc2)CC1. The van der Waals surface area contributed by atoms with Crippen LogP contribution < -0.4 is 5.32 Å². The highest BCUT2D eigenvalue weighted by Crippen LogP contribution is 2.33. The molecular weight excluding hydrogens is 278 g/mol. The molecule has 1 fully saturated rings. The summed E-state index contributed by atoms with van der Waals surface area (Å²) in [7, 11) is 2.07. The number of thiazole rings is 1. The Balaban J connectivity index is 1.55. The lowest BCUT2D eigenvalue weighted by Gasteiger charge is -2.40. The van der Waals surface area contributed by atoms with Crippen molar-refractivity contribution >= 4 is 11.3 Å². The molecule has 0 bridgehead atoms. The number of hydrogen-bond donors (Lipinski definition) is 1. The quantitative estimate of drug-likeness (QED) is 0.920. The molecule has 0 unspecified atom stereocenters. The Kier molecular flexibility index (Phi) is 4.68. The van der Waals surface area contributed by atoms with Gasteiger partial charge >= 0.3 is 0 Å². The summed E-state index contributed by atoms with van der Waals surface area (Å²) < 4.78 is 0. The van der Waals surface area contributed by atoms with Crippen LogP contribution in [-0.4, -0.2) is 36.6 Å². The minimum atomic E-state index is 0.0947. The van der Waals surface area contributed by atoms with Gasteiger partial charge in [-0.1, -0.05) is 30.3 Å². The van der Waals surface area contributed by atoms with Gasteiger partial charge in [0.1, 0.15) is 5.01 Å². The summed E-state index contributed by atoms with van der Waals surface area (Å²) >= 11 is 1.77. The van der Waals surface area contributed by atoms with Crippen molar-refractivity contribution in [2.75, 3.05) is 26.7 Å². The zero-order valence-electron chi connectivity index (χ0n) is 12.6. The molecule has 1 aliphatic heterocycles. The van der Waals surface area contributed by atoms with E-state index in [1.54, 1.807) is 11.3 Å². The molecule has 3 rings (SSSR count). The van der Waals surface area contributed by atoms with Crippen molar-refractivity contribution in [2.45, 2.75) is 24.8 Å². The van der Waals surface area contributed by atoms with E-state index in [0.29, 0.717) is 0 Å². The number of hydrogen-bond acceptors (Lipinski definition) is 4. The Morgan fingerprint density at radius 1 is 1.24 bits per heavy atom. The first-order chi connectivity index (χ1) is 10.3. The average Bonchev–Trinajstić information content (AvgIpc) is 3.09. The van der Waals surface area contributed by atoms with E-state index < -0.39 is 0 Å². The third-order valence-corrected chi connectivity index (χ3v) is 5.57. The summed E-state index contributed by atoms with van der Waals surface area (Å²) in [6.07, 6.45) is 5.35. The van der Waals surface area contributed by atoms with Gasteiger partial charge in [-0.3, -0.25) is 0 Å². The molecule has 2 heterocycles. The zero-order chi connectivity index (χ0) is 14.5. The molecule has 0 radical (unpaired) electrons. The number of likely N-dealkylation sites (tertiary alicyclic amines) is 1. The lowest BCUT2D eigenvalue weighted by molar-refractivity contribution is 0.141. The fraction of sp³-hybridized carbons (Fsp3) is 0.471. The van der Waals surface area contributed by atoms with Crippen LogP contribution >= 0.6 is 11.3 Å². The van der Waals surface area contributed by atoms with Crippen LogP contribution in [0.1, 0.15) is 23.4 Å². The van der Waals surface area contributed by atoms with E-state index in [4.69, 9.17) is 0 Å². The zero-order valence-corrected chi connectivity index (χ0v) is 13.4. The summed E-state index contributed by atoms with van der Waals surface area (Å²) in [6, 6.07) is 10.8. The molecule has 1 aromatic carbocycles. The normalized spacial score (nSPS) is 18.7. The predicted octanol–water partition coefficient (Wildman–Crippen LogP) is 2.90. The second kappa shape index (κ2) is 6.69. The van der Waals surface area contributed by atoms with Gasteiger partial charge in [0.2, 0.25) is 0 Å². The van der Waals surface area contributed by atoms with Crippen molar-refractivity contribution in [3.05, 3.63) is 52.5 Å². The van der Waals surface area contributed by atoms with Crippen LogP contribution in [0, 0.1) is 0 Å². The molecule has 1 N–H and O–H groups in total. The largest absolute Gasteiger partial charge is 0.308 e. The van der Waals surface area contributed by atoms with Gasteiger partial charge in [0.25, 0.3) is 0 Å². The van der Waals surface area contributed by atoms with Gasteiger partial charge in [-0.2, -0.15) is 0 Å². The highest BCUT2D eigenvalue weighted by Gasteiger charge is 2.36. The number of nitrogens with one attached hydrogen (secondary N) is 1. The molecule has 21 heavy (non-hydrogen) atoms. The topological polar surface area (TPSA) is 28.2 Å². The maximum Gasteiger partial charge on any atom is 0.113 e. The van der Waals surface area contributed by atoms with Crippen LogP contribution in [0.4, 0.5) is 0 Å². The van der Waals surface area contributed by atoms with Crippen molar-refractivity contribution in [1.82, 2.24) is 15.2 Å². The standard InChI is InChI=1S/C17H23N3S/c1-18-17(16-19-10-14-21-16)8-12-20(13-9-17)11-7-15-5-3-2-4-6-15/h2-6,10,14,18H,7-9,11-13H2,1H3. The highest BCUT2D eigenvalue weighted by molar-refractivity contribution is 7.09. The van der Waals surface area contributed by atoms with Gasteiger partial charge in [0, 0.05) is 31.2 Å². The van der Waals surface area contributed by atoms with Crippen LogP contribution in [0.2, 0.25) is 0 Å². The Morgan fingerprint density at radius 3 is 2.62 bits per heavy atom. The van der Waals surface area contributed by atoms with E-state index in [-0.39, 0.29) is 5.54 Å². The maximum atomic E-state index is 4.54. The average molecular weight is 301 g/mol. The van der Waals surface area contributed by atoms with Crippen LogP contribution in [0.3, 0.4) is 0 Å². The minimum absolute atomic E-state index is 0.0947. The summed E-state index contributed by atoms with van der Waals surface area (Å²) in [5, 5.41) is 6.86. The summed E-state index contributed by atoms with van der Waals surface area (Å²) in [4.78, 5) is 7.12. The predicted molar refractivity (Wildman–Crippen MR) is 88.7 cm³/mol. The smallest absolute Gasteiger partial charge is 0.113 e. The first kappa shape index (κ1) is 14.7. The lowest BCUT2D eigenvalue weighted by Crippen LogP contribution is -2.50. The Morgan fingerprint density at radius 2 is 2.00 bits per heavy atom. The van der Waals surface area contributed by atoms with Gasteiger partial charge < -0.3 is 10.2 Å². The molecule has 2 aromatic rings. The van der Waals surface area contributed by atoms with Crippen LogP contribution in [0.15, 0.2) is 41.9 Å². The first-order valence-electron chi connectivity index (χ1n) is 7.67. The fourth-order valence-electron chi connectivity index (χ4n) is 3.12. The van der Waals surface area contributed by atoms with Crippen LogP contribution in [0.25, 0.3) is 0 Å². The van der Waals surface area contributed by atoms with Crippen molar-refractivity contribution in [3.8, 4) is 0 Å². The van der Waals surface area contributed by atoms with Crippen molar-refractivity contribution in [2.24, 2.45) is 0 Å². The lowest BCUT2D eigenvalue weighted by atomic mass is 9.88. The molecule has 1 aliphatic rings. The number of nitrogens with zero attached hydrogens (tertiary/aromatic N) is 2. The Hall–Kier alpha value is -1.23. The highest BCUT2D eigenvalue weighted by atomic mass is 32.1. The summed E-state index contributed by atoms with van der Waals surface area (Å²) in [5.74, 6) is 0. The Bertz CT molecular complexity index is 530. The summed E-state index contributed by atoms with van der Waals surface area (Å²) in [5.41, 5.74) is 1.53. The maximum absolute atomic E-state index is 4.54. The molecule has 0 saturated carbocycles. The first-order valence-corrected chi connectivity index (χ1v) is 8.55. The van der Waals surface area contributed by atoms with Crippen molar-refractivity contribution in [3.63, 3.8) is 0 Å². The summed E-state index contributed by atoms with van der Waals surface area (Å²) in [6.45, 7) is 3.45. The third kappa shape index (κ3) is 3.34. The Labute approximate surface area is 131 Å². The molecule has 4 heteroatoms. The third-order valence-electron chi connectivity index (χ3n) is 4.59. The number of aromatic nitrogens is 1. The monoisotopic (exact) mass is 301 g/mol. The van der Waals surface area contributed by atoms with E-state index in [9.17, 15) is 0 Å². The molecule has 0 atom stereocenters. The van der Waals surface area contributed by atoms with E-state index in [1.807, 2.05) is 6.20 Å².